The Hall–Kier alpha value is -2.88. The molecule has 0 fully saturated rings. The van der Waals surface area contributed by atoms with E-state index in [0.29, 0.717) is 11.8 Å². The predicted molar refractivity (Wildman–Crippen MR) is 86.2 cm³/mol. The van der Waals surface area contributed by atoms with E-state index < -0.39 is 35.0 Å². The molecule has 0 saturated carbocycles. The Morgan fingerprint density at radius 1 is 1.35 bits per heavy atom. The smallest absolute Gasteiger partial charge is 0.416 e. The summed E-state index contributed by atoms with van der Waals surface area (Å²) in [6.45, 7) is 0.858. The van der Waals surface area contributed by atoms with Crippen molar-refractivity contribution in [1.29, 1.82) is 0 Å². The molecule has 0 aliphatic carbocycles. The Labute approximate surface area is 149 Å². The van der Waals surface area contributed by atoms with Crippen LogP contribution in [0.3, 0.4) is 0 Å². The summed E-state index contributed by atoms with van der Waals surface area (Å²) in [5.74, 6) is -1.66. The largest absolute Gasteiger partial charge is 0.476 e. The molecule has 1 aromatic heterocycles. The lowest BCUT2D eigenvalue weighted by molar-refractivity contribution is -0.390. The van der Waals surface area contributed by atoms with Crippen LogP contribution in [0.4, 0.5) is 24.7 Å². The average molecular weight is 390 g/mol. The van der Waals surface area contributed by atoms with Crippen LogP contribution in [-0.4, -0.2) is 22.4 Å². The van der Waals surface area contributed by atoms with Crippen molar-refractivity contribution in [3.05, 3.63) is 56.7 Å². The van der Waals surface area contributed by atoms with Gasteiger partial charge in [-0.25, -0.2) is 0 Å². The van der Waals surface area contributed by atoms with Gasteiger partial charge in [-0.15, -0.1) is 0 Å². The number of pyridine rings is 1. The first-order valence-corrected chi connectivity index (χ1v) is 7.37. The summed E-state index contributed by atoms with van der Waals surface area (Å²) in [7, 11) is 0. The summed E-state index contributed by atoms with van der Waals surface area (Å²) in [5.41, 5.74) is -0.868. The van der Waals surface area contributed by atoms with Crippen molar-refractivity contribution < 1.29 is 27.6 Å². The molecule has 0 bridgehead atoms. The Morgan fingerprint density at radius 2 is 2.04 bits per heavy atom. The van der Waals surface area contributed by atoms with Gasteiger partial charge in [-0.3, -0.25) is 4.79 Å². The number of aromatic nitrogens is 1. The van der Waals surface area contributed by atoms with Crippen LogP contribution in [0.25, 0.3) is 0 Å². The number of benzene rings is 1. The number of nitrogens with zero attached hydrogens (tertiary/aromatic N) is 2. The van der Waals surface area contributed by atoms with Gasteiger partial charge in [0.2, 0.25) is 5.75 Å². The average Bonchev–Trinajstić information content (AvgIpc) is 2.54. The zero-order valence-electron chi connectivity index (χ0n) is 13.1. The zero-order valence-corrected chi connectivity index (χ0v) is 13.9. The molecule has 1 amide bonds. The lowest BCUT2D eigenvalue weighted by Gasteiger charge is -2.12. The van der Waals surface area contributed by atoms with E-state index in [0.717, 1.165) is 12.1 Å². The minimum Gasteiger partial charge on any atom is -0.476 e. The number of nitrogens with one attached hydrogen (secondary N) is 1. The Morgan fingerprint density at radius 3 is 2.65 bits per heavy atom. The molecular weight excluding hydrogens is 379 g/mol. The van der Waals surface area contributed by atoms with Gasteiger partial charge in [-0.05, 0) is 40.2 Å². The third-order valence-corrected chi connectivity index (χ3v) is 3.41. The summed E-state index contributed by atoms with van der Waals surface area (Å²) in [6.07, 6.45) is -4.60. The van der Waals surface area contributed by atoms with E-state index in [9.17, 15) is 28.1 Å². The van der Waals surface area contributed by atoms with Crippen molar-refractivity contribution in [2.24, 2.45) is 0 Å². The van der Waals surface area contributed by atoms with Crippen LogP contribution in [0.2, 0.25) is 5.02 Å². The predicted octanol–water partition coefficient (Wildman–Crippen LogP) is 3.99. The molecule has 0 saturated heterocycles. The van der Waals surface area contributed by atoms with Gasteiger partial charge in [0.15, 0.2) is 6.61 Å². The van der Waals surface area contributed by atoms with E-state index in [2.05, 4.69) is 10.3 Å². The fourth-order valence-corrected chi connectivity index (χ4v) is 2.07. The number of halogens is 4. The van der Waals surface area contributed by atoms with Crippen molar-refractivity contribution in [3.8, 4) is 5.75 Å². The van der Waals surface area contributed by atoms with Crippen LogP contribution < -0.4 is 10.1 Å². The highest BCUT2D eigenvalue weighted by molar-refractivity contribution is 6.33. The zero-order chi connectivity index (χ0) is 19.5. The van der Waals surface area contributed by atoms with Gasteiger partial charge >= 0.3 is 12.0 Å². The molecule has 7 nitrogen and oxygen atoms in total. The number of amides is 1. The highest BCUT2D eigenvalue weighted by atomic mass is 35.5. The molecule has 1 N–H and O–H groups in total. The fraction of sp³-hybridized carbons (Fsp3) is 0.200. The molecule has 26 heavy (non-hydrogen) atoms. The van der Waals surface area contributed by atoms with E-state index in [-0.39, 0.29) is 16.5 Å². The van der Waals surface area contributed by atoms with E-state index in [1.165, 1.54) is 12.1 Å². The number of aryl methyl sites for hydroxylation is 1. The Kier molecular flexibility index (Phi) is 5.66. The molecule has 0 atom stereocenters. The topological polar surface area (TPSA) is 94.4 Å². The molecular formula is C15H11ClF3N3O4. The highest BCUT2D eigenvalue weighted by Gasteiger charge is 2.31. The fourth-order valence-electron chi connectivity index (χ4n) is 1.90. The number of hydrogen-bond donors (Lipinski definition) is 1. The molecule has 0 aliphatic heterocycles. The maximum absolute atomic E-state index is 12.7. The monoisotopic (exact) mass is 389 g/mol. The maximum Gasteiger partial charge on any atom is 0.416 e. The van der Waals surface area contributed by atoms with E-state index in [1.807, 2.05) is 0 Å². The van der Waals surface area contributed by atoms with Crippen molar-refractivity contribution in [2.75, 3.05) is 11.9 Å². The van der Waals surface area contributed by atoms with Crippen molar-refractivity contribution in [2.45, 2.75) is 13.1 Å². The van der Waals surface area contributed by atoms with Gasteiger partial charge in [0, 0.05) is 6.92 Å². The van der Waals surface area contributed by atoms with Crippen molar-refractivity contribution >= 4 is 29.0 Å². The van der Waals surface area contributed by atoms with Gasteiger partial charge in [0.05, 0.1) is 16.3 Å². The van der Waals surface area contributed by atoms with Crippen molar-refractivity contribution in [3.63, 3.8) is 0 Å². The number of ether oxygens (including phenoxy) is 1. The number of anilines is 1. The molecule has 0 unspecified atom stereocenters. The summed E-state index contributed by atoms with van der Waals surface area (Å²) < 4.78 is 43.2. The lowest BCUT2D eigenvalue weighted by Crippen LogP contribution is -2.21. The first-order valence-electron chi connectivity index (χ1n) is 6.99. The Bertz CT molecular complexity index is 859. The normalized spacial score (nSPS) is 11.1. The lowest BCUT2D eigenvalue weighted by atomic mass is 10.2. The second-order valence-corrected chi connectivity index (χ2v) is 5.47. The van der Waals surface area contributed by atoms with Crippen LogP contribution >= 0.6 is 11.6 Å². The van der Waals surface area contributed by atoms with Crippen LogP contribution in [0.15, 0.2) is 30.3 Å². The SMILES string of the molecule is Cc1ccc(OCC(=O)Nc2cc(C(F)(F)F)ccc2Cl)c([N+](=O)[O-])n1. The summed E-state index contributed by atoms with van der Waals surface area (Å²) in [5, 5.41) is 13.0. The molecule has 2 aromatic rings. The van der Waals surface area contributed by atoms with Crippen LogP contribution in [-0.2, 0) is 11.0 Å². The first kappa shape index (κ1) is 19.4. The third kappa shape index (κ3) is 4.82. The standard InChI is InChI=1S/C15H11ClF3N3O4/c1-8-2-5-12(14(20-8)22(24)25)26-7-13(23)21-11-6-9(15(17,18)19)3-4-10(11)16/h2-6H,7H2,1H3,(H,21,23). The number of hydrogen-bond acceptors (Lipinski definition) is 5. The number of carbonyl (C=O) groups excluding carboxylic acids is 1. The van der Waals surface area contributed by atoms with Gasteiger partial charge in [0.1, 0.15) is 5.69 Å². The van der Waals surface area contributed by atoms with E-state index in [4.69, 9.17) is 16.3 Å². The second-order valence-electron chi connectivity index (χ2n) is 5.06. The third-order valence-electron chi connectivity index (χ3n) is 3.08. The molecule has 0 spiro atoms. The van der Waals surface area contributed by atoms with Gasteiger partial charge in [-0.2, -0.15) is 13.2 Å². The summed E-state index contributed by atoms with van der Waals surface area (Å²) in [4.78, 5) is 25.7. The van der Waals surface area contributed by atoms with Crippen LogP contribution in [0, 0.1) is 17.0 Å². The van der Waals surface area contributed by atoms with Gasteiger partial charge < -0.3 is 20.2 Å². The number of nitro groups is 1. The molecule has 138 valence electrons. The quantitative estimate of drug-likeness (QED) is 0.616. The molecule has 2 rings (SSSR count). The maximum atomic E-state index is 12.7. The first-order chi connectivity index (χ1) is 12.1. The number of carbonyl (C=O) groups is 1. The molecule has 0 aliphatic rings. The minimum atomic E-state index is -4.60. The van der Waals surface area contributed by atoms with Crippen molar-refractivity contribution in [1.82, 2.24) is 4.98 Å². The minimum absolute atomic E-state index is 0.102. The second kappa shape index (κ2) is 7.56. The Balaban J connectivity index is 2.10. The molecule has 1 heterocycles. The summed E-state index contributed by atoms with van der Waals surface area (Å²) >= 11 is 5.77. The number of rotatable bonds is 5. The number of alkyl halides is 3. The van der Waals surface area contributed by atoms with Crippen LogP contribution in [0.5, 0.6) is 5.75 Å². The molecule has 0 radical (unpaired) electrons. The van der Waals surface area contributed by atoms with Gasteiger partial charge in [-0.1, -0.05) is 11.6 Å². The van der Waals surface area contributed by atoms with E-state index >= 15 is 0 Å². The van der Waals surface area contributed by atoms with E-state index in [1.54, 1.807) is 6.92 Å². The molecule has 1 aromatic carbocycles. The summed E-state index contributed by atoms with van der Waals surface area (Å²) in [6, 6.07) is 5.16. The molecule has 11 heteroatoms. The highest BCUT2D eigenvalue weighted by Crippen LogP contribution is 2.33. The van der Waals surface area contributed by atoms with Crippen LogP contribution in [0.1, 0.15) is 11.3 Å². The van der Waals surface area contributed by atoms with Gasteiger partial charge in [0.25, 0.3) is 5.91 Å².